The van der Waals surface area contributed by atoms with Gasteiger partial charge in [0.1, 0.15) is 0 Å². The Balaban J connectivity index is 1.53. The van der Waals surface area contributed by atoms with Gasteiger partial charge in [-0.25, -0.2) is 0 Å². The molecule has 1 saturated carbocycles. The van der Waals surface area contributed by atoms with Crippen LogP contribution < -0.4 is 20.1 Å². The molecule has 178 valence electrons. The van der Waals surface area contributed by atoms with Gasteiger partial charge >= 0.3 is 0 Å². The second-order valence-corrected chi connectivity index (χ2v) is 8.39. The maximum Gasteiger partial charge on any atom is 0.238 e. The number of nitrogens with one attached hydrogen (secondary N) is 2. The zero-order valence-electron chi connectivity index (χ0n) is 20.1. The zero-order chi connectivity index (χ0) is 23.8. The van der Waals surface area contributed by atoms with Gasteiger partial charge in [-0.3, -0.25) is 14.5 Å². The van der Waals surface area contributed by atoms with Crippen molar-refractivity contribution in [1.29, 1.82) is 0 Å². The third-order valence-corrected chi connectivity index (χ3v) is 5.53. The molecule has 2 aromatic carbocycles. The van der Waals surface area contributed by atoms with Crippen LogP contribution in [0.2, 0.25) is 0 Å². The van der Waals surface area contributed by atoms with E-state index in [1.165, 1.54) is 0 Å². The van der Waals surface area contributed by atoms with Gasteiger partial charge in [-0.05, 0) is 69.9 Å². The summed E-state index contributed by atoms with van der Waals surface area (Å²) in [5.41, 5.74) is 3.65. The van der Waals surface area contributed by atoms with Gasteiger partial charge in [0.25, 0.3) is 0 Å². The first-order chi connectivity index (χ1) is 15.9. The summed E-state index contributed by atoms with van der Waals surface area (Å²) in [6, 6.07) is 11.8. The molecule has 0 aromatic heterocycles. The lowest BCUT2D eigenvalue weighted by Crippen LogP contribution is -2.37. The SMILES string of the molecule is CCOc1ccc(NC(=O)CCN(CC(=O)Nc2cc(C)ccc2C)C2CC2)cc1OCC. The Kier molecular flexibility index (Phi) is 8.72. The second kappa shape index (κ2) is 11.7. The van der Waals surface area contributed by atoms with Crippen LogP contribution in [0, 0.1) is 13.8 Å². The van der Waals surface area contributed by atoms with E-state index in [4.69, 9.17) is 9.47 Å². The highest BCUT2D eigenvalue weighted by Gasteiger charge is 2.30. The Morgan fingerprint density at radius 1 is 0.939 bits per heavy atom. The highest BCUT2D eigenvalue weighted by atomic mass is 16.5. The molecule has 1 fully saturated rings. The number of anilines is 2. The minimum atomic E-state index is -0.0952. The fraction of sp³-hybridized carbons (Fsp3) is 0.462. The van der Waals surface area contributed by atoms with Gasteiger partial charge in [-0.2, -0.15) is 0 Å². The van der Waals surface area contributed by atoms with Crippen molar-refractivity contribution >= 4 is 23.2 Å². The predicted molar refractivity (Wildman–Crippen MR) is 131 cm³/mol. The quantitative estimate of drug-likeness (QED) is 0.494. The molecule has 1 aliphatic rings. The van der Waals surface area contributed by atoms with Crippen LogP contribution in [0.3, 0.4) is 0 Å². The highest BCUT2D eigenvalue weighted by molar-refractivity contribution is 5.93. The summed E-state index contributed by atoms with van der Waals surface area (Å²) in [5.74, 6) is 1.12. The number of carbonyl (C=O) groups excluding carboxylic acids is 2. The monoisotopic (exact) mass is 453 g/mol. The molecule has 0 spiro atoms. The summed E-state index contributed by atoms with van der Waals surface area (Å²) in [7, 11) is 0. The van der Waals surface area contributed by atoms with Crippen LogP contribution in [-0.4, -0.2) is 49.1 Å². The van der Waals surface area contributed by atoms with E-state index in [1.807, 2.05) is 52.0 Å². The van der Waals surface area contributed by atoms with Gasteiger partial charge in [0.05, 0.1) is 19.8 Å². The maximum atomic E-state index is 12.7. The lowest BCUT2D eigenvalue weighted by Gasteiger charge is -2.21. The van der Waals surface area contributed by atoms with E-state index in [2.05, 4.69) is 15.5 Å². The minimum Gasteiger partial charge on any atom is -0.490 e. The van der Waals surface area contributed by atoms with Crippen LogP contribution in [0.4, 0.5) is 11.4 Å². The molecule has 0 bridgehead atoms. The smallest absolute Gasteiger partial charge is 0.238 e. The summed E-state index contributed by atoms with van der Waals surface area (Å²) in [6.07, 6.45) is 2.44. The Labute approximate surface area is 196 Å². The summed E-state index contributed by atoms with van der Waals surface area (Å²) in [5, 5.41) is 5.95. The van der Waals surface area contributed by atoms with Crippen molar-refractivity contribution in [2.75, 3.05) is 36.9 Å². The van der Waals surface area contributed by atoms with E-state index < -0.39 is 0 Å². The lowest BCUT2D eigenvalue weighted by molar-refractivity contribution is -0.119. The molecule has 2 aromatic rings. The number of benzene rings is 2. The number of hydrogen-bond acceptors (Lipinski definition) is 5. The lowest BCUT2D eigenvalue weighted by atomic mass is 10.1. The van der Waals surface area contributed by atoms with Gasteiger partial charge in [-0.1, -0.05) is 12.1 Å². The van der Waals surface area contributed by atoms with Crippen LogP contribution in [0.5, 0.6) is 11.5 Å². The average Bonchev–Trinajstić information content (AvgIpc) is 3.61. The molecule has 7 nitrogen and oxygen atoms in total. The van der Waals surface area contributed by atoms with E-state index in [0.717, 1.165) is 29.7 Å². The number of nitrogens with zero attached hydrogens (tertiary/aromatic N) is 1. The minimum absolute atomic E-state index is 0.0520. The number of carbonyl (C=O) groups is 2. The van der Waals surface area contributed by atoms with E-state index in [1.54, 1.807) is 12.1 Å². The second-order valence-electron chi connectivity index (χ2n) is 8.39. The third-order valence-electron chi connectivity index (χ3n) is 5.53. The molecule has 0 atom stereocenters. The standard InChI is InChI=1S/C26H35N3O4/c1-5-32-23-12-9-20(16-24(23)33-6-2)27-25(30)13-14-29(21-10-11-21)17-26(31)28-22-15-18(3)7-8-19(22)4/h7-9,12,15-16,21H,5-6,10-11,13-14,17H2,1-4H3,(H,27,30)(H,28,31). The Morgan fingerprint density at radius 2 is 1.67 bits per heavy atom. The van der Waals surface area contributed by atoms with E-state index >= 15 is 0 Å². The molecular formula is C26H35N3O4. The molecule has 2 N–H and O–H groups in total. The van der Waals surface area contributed by atoms with Crippen LogP contribution in [0.1, 0.15) is 44.2 Å². The molecule has 33 heavy (non-hydrogen) atoms. The third kappa shape index (κ3) is 7.49. The molecule has 0 unspecified atom stereocenters. The van der Waals surface area contributed by atoms with Gasteiger partial charge < -0.3 is 20.1 Å². The van der Waals surface area contributed by atoms with Crippen molar-refractivity contribution in [3.8, 4) is 11.5 Å². The van der Waals surface area contributed by atoms with E-state index in [-0.39, 0.29) is 18.4 Å². The molecular weight excluding hydrogens is 418 g/mol. The molecule has 7 heteroatoms. The number of amides is 2. The largest absolute Gasteiger partial charge is 0.490 e. The van der Waals surface area contributed by atoms with Crippen molar-refractivity contribution in [2.45, 2.75) is 53.0 Å². The maximum absolute atomic E-state index is 12.7. The van der Waals surface area contributed by atoms with E-state index in [0.29, 0.717) is 49.4 Å². The Bertz CT molecular complexity index is 972. The van der Waals surface area contributed by atoms with Crippen LogP contribution in [0.15, 0.2) is 36.4 Å². The van der Waals surface area contributed by atoms with Crippen LogP contribution >= 0.6 is 0 Å². The summed E-state index contributed by atoms with van der Waals surface area (Å²) in [4.78, 5) is 27.3. The van der Waals surface area contributed by atoms with Crippen molar-refractivity contribution in [3.63, 3.8) is 0 Å². The fourth-order valence-electron chi connectivity index (χ4n) is 3.67. The molecule has 0 radical (unpaired) electrons. The first kappa shape index (κ1) is 24.6. The van der Waals surface area contributed by atoms with Crippen molar-refractivity contribution < 1.29 is 19.1 Å². The summed E-state index contributed by atoms with van der Waals surface area (Å²) >= 11 is 0. The Morgan fingerprint density at radius 3 is 2.36 bits per heavy atom. The normalized spacial score (nSPS) is 13.0. The zero-order valence-corrected chi connectivity index (χ0v) is 20.1. The number of rotatable bonds is 12. The van der Waals surface area contributed by atoms with Crippen molar-refractivity contribution in [2.24, 2.45) is 0 Å². The van der Waals surface area contributed by atoms with Crippen molar-refractivity contribution in [1.82, 2.24) is 4.90 Å². The van der Waals surface area contributed by atoms with Crippen LogP contribution in [0.25, 0.3) is 0 Å². The molecule has 3 rings (SSSR count). The van der Waals surface area contributed by atoms with Crippen LogP contribution in [-0.2, 0) is 9.59 Å². The van der Waals surface area contributed by atoms with Gasteiger partial charge in [0.2, 0.25) is 11.8 Å². The highest BCUT2D eigenvalue weighted by Crippen LogP contribution is 2.31. The topological polar surface area (TPSA) is 79.9 Å². The van der Waals surface area contributed by atoms with Gasteiger partial charge in [0.15, 0.2) is 11.5 Å². The van der Waals surface area contributed by atoms with Gasteiger partial charge in [-0.15, -0.1) is 0 Å². The number of hydrogen-bond donors (Lipinski definition) is 2. The Hall–Kier alpha value is -3.06. The first-order valence-electron chi connectivity index (χ1n) is 11.7. The average molecular weight is 454 g/mol. The molecule has 0 aliphatic heterocycles. The number of aryl methyl sites for hydroxylation is 2. The fourth-order valence-corrected chi connectivity index (χ4v) is 3.67. The molecule has 0 heterocycles. The summed E-state index contributed by atoms with van der Waals surface area (Å²) < 4.78 is 11.2. The predicted octanol–water partition coefficient (Wildman–Crippen LogP) is 4.53. The van der Waals surface area contributed by atoms with E-state index in [9.17, 15) is 9.59 Å². The summed E-state index contributed by atoms with van der Waals surface area (Å²) in [6.45, 7) is 9.68. The van der Waals surface area contributed by atoms with Gasteiger partial charge in [0, 0.05) is 36.4 Å². The molecule has 0 saturated heterocycles. The number of ether oxygens (including phenoxy) is 2. The molecule has 2 amide bonds. The first-order valence-corrected chi connectivity index (χ1v) is 11.7. The molecule has 1 aliphatic carbocycles. The van der Waals surface area contributed by atoms with Crippen molar-refractivity contribution in [3.05, 3.63) is 47.5 Å².